The highest BCUT2D eigenvalue weighted by Crippen LogP contribution is 2.27. The van der Waals surface area contributed by atoms with Gasteiger partial charge in [-0.15, -0.1) is 0 Å². The topological polar surface area (TPSA) is 64.4 Å². The molecule has 2 aromatic rings. The van der Waals surface area contributed by atoms with Crippen LogP contribution in [0.15, 0.2) is 42.5 Å². The lowest BCUT2D eigenvalue weighted by Crippen LogP contribution is -2.01. The van der Waals surface area contributed by atoms with Gasteiger partial charge in [0.15, 0.2) is 5.75 Å². The van der Waals surface area contributed by atoms with Crippen molar-refractivity contribution in [3.8, 4) is 5.75 Å². The van der Waals surface area contributed by atoms with E-state index in [2.05, 4.69) is 27.9 Å². The van der Waals surface area contributed by atoms with Crippen LogP contribution in [0.3, 0.4) is 0 Å². The third kappa shape index (κ3) is 3.60. The van der Waals surface area contributed by atoms with Crippen molar-refractivity contribution in [1.82, 2.24) is 0 Å². The van der Waals surface area contributed by atoms with Crippen LogP contribution in [0, 0.1) is 13.7 Å². The van der Waals surface area contributed by atoms with Crippen LogP contribution >= 0.6 is 22.6 Å². The first kappa shape index (κ1) is 14.6. The first-order chi connectivity index (χ1) is 9.60. The van der Waals surface area contributed by atoms with Gasteiger partial charge in [-0.1, -0.05) is 12.1 Å². The van der Waals surface area contributed by atoms with Crippen LogP contribution in [0.2, 0.25) is 0 Å². The zero-order chi connectivity index (χ0) is 14.5. The number of nitro groups is 1. The summed E-state index contributed by atoms with van der Waals surface area (Å²) in [4.78, 5) is 10.5. The van der Waals surface area contributed by atoms with E-state index in [0.29, 0.717) is 6.54 Å². The number of benzene rings is 2. The Kier molecular flexibility index (Phi) is 4.78. The molecule has 20 heavy (non-hydrogen) atoms. The highest BCUT2D eigenvalue weighted by Gasteiger charge is 2.14. The van der Waals surface area contributed by atoms with E-state index in [1.807, 2.05) is 30.3 Å². The molecule has 0 bridgehead atoms. The Balaban J connectivity index is 2.14. The van der Waals surface area contributed by atoms with Crippen LogP contribution in [0.4, 0.5) is 11.4 Å². The van der Waals surface area contributed by atoms with Crippen LogP contribution in [0.25, 0.3) is 0 Å². The predicted octanol–water partition coefficient (Wildman–Crippen LogP) is 3.82. The van der Waals surface area contributed by atoms with E-state index in [1.54, 1.807) is 6.07 Å². The van der Waals surface area contributed by atoms with Crippen LogP contribution in [-0.2, 0) is 6.54 Å². The third-order valence-electron chi connectivity index (χ3n) is 2.76. The van der Waals surface area contributed by atoms with Crippen molar-refractivity contribution in [1.29, 1.82) is 0 Å². The second-order valence-corrected chi connectivity index (χ2v) is 5.37. The molecule has 0 saturated heterocycles. The largest absolute Gasteiger partial charge is 0.490 e. The standard InChI is InChI=1S/C14H13IN2O3/c1-20-14-6-5-10(7-13(14)17(18)19)9-16-12-4-2-3-11(15)8-12/h2-8,16H,9H2,1H3. The number of ether oxygens (including phenoxy) is 1. The number of nitro benzene ring substituents is 1. The van der Waals surface area contributed by atoms with Crippen molar-refractivity contribution >= 4 is 34.0 Å². The number of anilines is 1. The zero-order valence-electron chi connectivity index (χ0n) is 10.8. The maximum absolute atomic E-state index is 11.0. The molecule has 0 aliphatic rings. The molecule has 0 saturated carbocycles. The molecule has 1 N–H and O–H groups in total. The van der Waals surface area contributed by atoms with Crippen molar-refractivity contribution in [3.63, 3.8) is 0 Å². The molecule has 0 atom stereocenters. The van der Waals surface area contributed by atoms with Crippen LogP contribution in [0.1, 0.15) is 5.56 Å². The molecule has 0 fully saturated rings. The number of methoxy groups -OCH3 is 1. The minimum absolute atomic E-state index is 0.0190. The van der Waals surface area contributed by atoms with Crippen molar-refractivity contribution in [3.05, 3.63) is 61.7 Å². The zero-order valence-corrected chi connectivity index (χ0v) is 13.0. The van der Waals surface area contributed by atoms with E-state index in [4.69, 9.17) is 4.74 Å². The van der Waals surface area contributed by atoms with Crippen LogP contribution in [-0.4, -0.2) is 12.0 Å². The monoisotopic (exact) mass is 384 g/mol. The Bertz CT molecular complexity index is 632. The van der Waals surface area contributed by atoms with Crippen molar-refractivity contribution in [2.75, 3.05) is 12.4 Å². The van der Waals surface area contributed by atoms with Crippen molar-refractivity contribution < 1.29 is 9.66 Å². The van der Waals surface area contributed by atoms with Gasteiger partial charge in [0, 0.05) is 21.9 Å². The van der Waals surface area contributed by atoms with E-state index >= 15 is 0 Å². The van der Waals surface area contributed by atoms with E-state index in [0.717, 1.165) is 14.8 Å². The second kappa shape index (κ2) is 6.56. The molecule has 0 aliphatic carbocycles. The second-order valence-electron chi connectivity index (χ2n) is 4.13. The molecule has 0 radical (unpaired) electrons. The normalized spacial score (nSPS) is 10.1. The molecule has 0 spiro atoms. The van der Waals surface area contributed by atoms with E-state index < -0.39 is 4.92 Å². The molecule has 6 heteroatoms. The van der Waals surface area contributed by atoms with Gasteiger partial charge in [-0.05, 0) is 52.4 Å². The fraction of sp³-hybridized carbons (Fsp3) is 0.143. The third-order valence-corrected chi connectivity index (χ3v) is 3.43. The van der Waals surface area contributed by atoms with E-state index in [-0.39, 0.29) is 11.4 Å². The van der Waals surface area contributed by atoms with E-state index in [9.17, 15) is 10.1 Å². The molecule has 0 heterocycles. The minimum atomic E-state index is -0.437. The Morgan fingerprint density at radius 2 is 2.10 bits per heavy atom. The summed E-state index contributed by atoms with van der Waals surface area (Å²) in [7, 11) is 1.42. The van der Waals surface area contributed by atoms with Crippen LogP contribution < -0.4 is 10.1 Å². The summed E-state index contributed by atoms with van der Waals surface area (Å²) in [5.74, 6) is 0.271. The average molecular weight is 384 g/mol. The smallest absolute Gasteiger partial charge is 0.311 e. The summed E-state index contributed by atoms with van der Waals surface area (Å²) in [6, 6.07) is 12.9. The first-order valence-corrected chi connectivity index (χ1v) is 6.99. The molecule has 0 unspecified atom stereocenters. The summed E-state index contributed by atoms with van der Waals surface area (Å²) in [5.41, 5.74) is 1.79. The van der Waals surface area contributed by atoms with Gasteiger partial charge in [0.05, 0.1) is 12.0 Å². The summed E-state index contributed by atoms with van der Waals surface area (Å²) in [5, 5.41) is 14.2. The van der Waals surface area contributed by atoms with Gasteiger partial charge in [0.1, 0.15) is 0 Å². The average Bonchev–Trinajstić information content (AvgIpc) is 2.45. The fourth-order valence-corrected chi connectivity index (χ4v) is 2.33. The molecule has 0 aliphatic heterocycles. The Labute approximate surface area is 130 Å². The Morgan fingerprint density at radius 3 is 2.75 bits per heavy atom. The summed E-state index contributed by atoms with van der Waals surface area (Å²) in [6.45, 7) is 0.519. The Hall–Kier alpha value is -1.83. The van der Waals surface area contributed by atoms with E-state index in [1.165, 1.54) is 13.2 Å². The number of hydrogen-bond acceptors (Lipinski definition) is 4. The highest BCUT2D eigenvalue weighted by molar-refractivity contribution is 14.1. The van der Waals surface area contributed by atoms with Crippen molar-refractivity contribution in [2.45, 2.75) is 6.54 Å². The molecular weight excluding hydrogens is 371 g/mol. The molecule has 0 amide bonds. The summed E-state index contributed by atoms with van der Waals surface area (Å²) in [6.07, 6.45) is 0. The van der Waals surface area contributed by atoms with Gasteiger partial charge in [0.2, 0.25) is 0 Å². The van der Waals surface area contributed by atoms with Gasteiger partial charge in [0.25, 0.3) is 0 Å². The minimum Gasteiger partial charge on any atom is -0.490 e. The lowest BCUT2D eigenvalue weighted by Gasteiger charge is -2.08. The van der Waals surface area contributed by atoms with Gasteiger partial charge in [-0.2, -0.15) is 0 Å². The quantitative estimate of drug-likeness (QED) is 0.484. The summed E-state index contributed by atoms with van der Waals surface area (Å²) < 4.78 is 6.11. The fourth-order valence-electron chi connectivity index (χ4n) is 1.79. The maximum Gasteiger partial charge on any atom is 0.311 e. The maximum atomic E-state index is 11.0. The number of nitrogens with zero attached hydrogens (tertiary/aromatic N) is 1. The van der Waals surface area contributed by atoms with Gasteiger partial charge >= 0.3 is 5.69 Å². The predicted molar refractivity (Wildman–Crippen MR) is 86.1 cm³/mol. The lowest BCUT2D eigenvalue weighted by molar-refractivity contribution is -0.385. The number of nitrogens with one attached hydrogen (secondary N) is 1. The van der Waals surface area contributed by atoms with Crippen LogP contribution in [0.5, 0.6) is 5.75 Å². The highest BCUT2D eigenvalue weighted by atomic mass is 127. The number of hydrogen-bond donors (Lipinski definition) is 1. The Morgan fingerprint density at radius 1 is 1.30 bits per heavy atom. The lowest BCUT2D eigenvalue weighted by atomic mass is 10.2. The summed E-state index contributed by atoms with van der Waals surface area (Å²) >= 11 is 2.24. The number of rotatable bonds is 5. The molecular formula is C14H13IN2O3. The van der Waals surface area contributed by atoms with Crippen molar-refractivity contribution in [2.24, 2.45) is 0 Å². The molecule has 5 nitrogen and oxygen atoms in total. The molecule has 2 rings (SSSR count). The van der Waals surface area contributed by atoms with Gasteiger partial charge in [-0.3, -0.25) is 10.1 Å². The first-order valence-electron chi connectivity index (χ1n) is 5.91. The SMILES string of the molecule is COc1ccc(CNc2cccc(I)c2)cc1[N+](=O)[O-]. The molecule has 104 valence electrons. The van der Waals surface area contributed by atoms with Gasteiger partial charge < -0.3 is 10.1 Å². The van der Waals surface area contributed by atoms with Gasteiger partial charge in [-0.25, -0.2) is 0 Å². The number of halogens is 1. The molecule has 0 aromatic heterocycles. The molecule has 2 aromatic carbocycles.